The first kappa shape index (κ1) is 23.5. The first-order valence-electron chi connectivity index (χ1n) is 10.8. The molecule has 0 atom stereocenters. The molecule has 0 spiro atoms. The molecule has 0 unspecified atom stereocenters. The van der Waals surface area contributed by atoms with Crippen LogP contribution >= 0.6 is 0 Å². The molecule has 0 aliphatic carbocycles. The normalized spacial score (nSPS) is 11.3. The molecule has 0 amide bonds. The van der Waals surface area contributed by atoms with Gasteiger partial charge >= 0.3 is 0 Å². The topological polar surface area (TPSA) is 44.8 Å². The second-order valence-corrected chi connectivity index (χ2v) is 7.73. The first-order valence-corrected chi connectivity index (χ1v) is 10.8. The molecule has 30 heavy (non-hydrogen) atoms. The highest BCUT2D eigenvalue weighted by Gasteiger charge is 2.15. The van der Waals surface area contributed by atoms with E-state index in [9.17, 15) is 4.79 Å². The number of ketones is 1. The standard InChI is InChI=1S/C26H34O4/c1-7-9-23-25(29-18(3)4)16-20(17-26(23)30-19(5)6)10-15-24(27)21-11-13-22(14-12-21)28-8-2/h10-19H,7-9H2,1-6H3/b15-10+. The zero-order valence-electron chi connectivity index (χ0n) is 19.0. The molecule has 0 aromatic heterocycles. The molecule has 0 aliphatic heterocycles. The molecule has 162 valence electrons. The maximum Gasteiger partial charge on any atom is 0.185 e. The maximum atomic E-state index is 12.6. The third-order valence-corrected chi connectivity index (χ3v) is 4.29. The number of allylic oxidation sites excluding steroid dienone is 1. The third-order valence-electron chi connectivity index (χ3n) is 4.29. The van der Waals surface area contributed by atoms with Gasteiger partial charge in [0.25, 0.3) is 0 Å². The second-order valence-electron chi connectivity index (χ2n) is 7.73. The van der Waals surface area contributed by atoms with E-state index in [4.69, 9.17) is 14.2 Å². The van der Waals surface area contributed by atoms with Crippen molar-refractivity contribution >= 4 is 11.9 Å². The van der Waals surface area contributed by atoms with Crippen LogP contribution in [0.3, 0.4) is 0 Å². The average molecular weight is 411 g/mol. The Labute approximate surface area is 180 Å². The molecule has 0 aliphatic rings. The molecule has 4 nitrogen and oxygen atoms in total. The minimum Gasteiger partial charge on any atom is -0.494 e. The van der Waals surface area contributed by atoms with E-state index in [0.29, 0.717) is 12.2 Å². The van der Waals surface area contributed by atoms with Crippen LogP contribution in [0.5, 0.6) is 17.2 Å². The lowest BCUT2D eigenvalue weighted by Crippen LogP contribution is -2.12. The average Bonchev–Trinajstić information content (AvgIpc) is 2.68. The quantitative estimate of drug-likeness (QED) is 0.313. The largest absolute Gasteiger partial charge is 0.494 e. The van der Waals surface area contributed by atoms with E-state index in [1.165, 1.54) is 0 Å². The van der Waals surface area contributed by atoms with Crippen LogP contribution in [0.25, 0.3) is 6.08 Å². The zero-order valence-corrected chi connectivity index (χ0v) is 19.0. The summed E-state index contributed by atoms with van der Waals surface area (Å²) in [5.74, 6) is 2.33. The summed E-state index contributed by atoms with van der Waals surface area (Å²) < 4.78 is 17.6. The highest BCUT2D eigenvalue weighted by molar-refractivity contribution is 6.06. The van der Waals surface area contributed by atoms with Crippen LogP contribution in [-0.4, -0.2) is 24.6 Å². The first-order chi connectivity index (χ1) is 14.3. The summed E-state index contributed by atoms with van der Waals surface area (Å²) in [5.41, 5.74) is 2.57. The van der Waals surface area contributed by atoms with Gasteiger partial charge in [0, 0.05) is 11.1 Å². The molecule has 0 heterocycles. The summed E-state index contributed by atoms with van der Waals surface area (Å²) in [6, 6.07) is 11.2. The molecule has 0 bridgehead atoms. The number of rotatable bonds is 11. The Kier molecular flexibility index (Phi) is 8.97. The van der Waals surface area contributed by atoms with E-state index in [1.54, 1.807) is 18.2 Å². The maximum absolute atomic E-state index is 12.6. The predicted octanol–water partition coefficient (Wildman–Crippen LogP) is 6.51. The van der Waals surface area contributed by atoms with Crippen molar-refractivity contribution in [3.05, 3.63) is 59.2 Å². The lowest BCUT2D eigenvalue weighted by Gasteiger charge is -2.20. The van der Waals surface area contributed by atoms with Crippen LogP contribution in [-0.2, 0) is 6.42 Å². The minimum atomic E-state index is -0.0617. The molecule has 0 radical (unpaired) electrons. The molecule has 2 aromatic rings. The van der Waals surface area contributed by atoms with Crippen molar-refractivity contribution in [1.29, 1.82) is 0 Å². The summed E-state index contributed by atoms with van der Waals surface area (Å²) in [7, 11) is 0. The van der Waals surface area contributed by atoms with Gasteiger partial charge in [-0.1, -0.05) is 19.4 Å². The molecule has 4 heteroatoms. The molecular formula is C26H34O4. The van der Waals surface area contributed by atoms with Gasteiger partial charge in [-0.05, 0) is 89.1 Å². The Hall–Kier alpha value is -2.75. The van der Waals surface area contributed by atoms with Crippen molar-refractivity contribution in [3.63, 3.8) is 0 Å². The van der Waals surface area contributed by atoms with Crippen molar-refractivity contribution < 1.29 is 19.0 Å². The van der Waals surface area contributed by atoms with Gasteiger partial charge in [0.1, 0.15) is 17.2 Å². The van der Waals surface area contributed by atoms with Crippen molar-refractivity contribution in [3.8, 4) is 17.2 Å². The van der Waals surface area contributed by atoms with Crippen LogP contribution < -0.4 is 14.2 Å². The van der Waals surface area contributed by atoms with Crippen molar-refractivity contribution in [1.82, 2.24) is 0 Å². The van der Waals surface area contributed by atoms with Crippen LogP contribution in [0.15, 0.2) is 42.5 Å². The van der Waals surface area contributed by atoms with Crippen LogP contribution in [0.1, 0.15) is 69.4 Å². The second kappa shape index (κ2) is 11.4. The number of carbonyl (C=O) groups excluding carboxylic acids is 1. The molecular weight excluding hydrogens is 376 g/mol. The van der Waals surface area contributed by atoms with E-state index >= 15 is 0 Å². The zero-order chi connectivity index (χ0) is 22.1. The smallest absolute Gasteiger partial charge is 0.185 e. The Morgan fingerprint density at radius 1 is 0.933 bits per heavy atom. The fraction of sp³-hybridized carbons (Fsp3) is 0.423. The predicted molar refractivity (Wildman–Crippen MR) is 123 cm³/mol. The van der Waals surface area contributed by atoms with E-state index in [0.717, 1.165) is 41.2 Å². The molecule has 0 saturated heterocycles. The van der Waals surface area contributed by atoms with E-state index < -0.39 is 0 Å². The fourth-order valence-electron chi connectivity index (χ4n) is 3.10. The number of benzene rings is 2. The lowest BCUT2D eigenvalue weighted by molar-refractivity contribution is 0.104. The van der Waals surface area contributed by atoms with E-state index in [-0.39, 0.29) is 18.0 Å². The molecule has 2 aromatic carbocycles. The number of hydrogen-bond acceptors (Lipinski definition) is 4. The van der Waals surface area contributed by atoms with Gasteiger partial charge in [-0.15, -0.1) is 0 Å². The van der Waals surface area contributed by atoms with Gasteiger partial charge in [0.15, 0.2) is 5.78 Å². The minimum absolute atomic E-state index is 0.0530. The number of carbonyl (C=O) groups is 1. The summed E-state index contributed by atoms with van der Waals surface area (Å²) in [6.07, 6.45) is 5.38. The SMILES string of the molecule is CCCc1c(OC(C)C)cc(/C=C/C(=O)c2ccc(OCC)cc2)cc1OC(C)C. The van der Waals surface area contributed by atoms with Crippen molar-refractivity contribution in [2.24, 2.45) is 0 Å². The fourth-order valence-corrected chi connectivity index (χ4v) is 3.10. The molecule has 0 N–H and O–H groups in total. The van der Waals surface area contributed by atoms with Gasteiger partial charge < -0.3 is 14.2 Å². The third kappa shape index (κ3) is 6.94. The number of hydrogen-bond donors (Lipinski definition) is 0. The summed E-state index contributed by atoms with van der Waals surface area (Å²) in [5, 5.41) is 0. The van der Waals surface area contributed by atoms with Gasteiger partial charge in [-0.2, -0.15) is 0 Å². The summed E-state index contributed by atoms with van der Waals surface area (Å²) >= 11 is 0. The Balaban J connectivity index is 2.33. The monoisotopic (exact) mass is 410 g/mol. The van der Waals surface area contributed by atoms with E-state index in [2.05, 4.69) is 6.92 Å². The van der Waals surface area contributed by atoms with Crippen LogP contribution in [0.2, 0.25) is 0 Å². The van der Waals surface area contributed by atoms with Crippen LogP contribution in [0.4, 0.5) is 0 Å². The molecule has 0 fully saturated rings. The highest BCUT2D eigenvalue weighted by Crippen LogP contribution is 2.34. The Morgan fingerprint density at radius 3 is 1.97 bits per heavy atom. The summed E-state index contributed by atoms with van der Waals surface area (Å²) in [6.45, 7) is 12.7. The van der Waals surface area contributed by atoms with Gasteiger partial charge in [-0.3, -0.25) is 4.79 Å². The van der Waals surface area contributed by atoms with Gasteiger partial charge in [0.2, 0.25) is 0 Å². The number of ether oxygens (including phenoxy) is 3. The molecule has 0 saturated carbocycles. The van der Waals surface area contributed by atoms with Crippen LogP contribution in [0, 0.1) is 0 Å². The highest BCUT2D eigenvalue weighted by atomic mass is 16.5. The van der Waals surface area contributed by atoms with E-state index in [1.807, 2.05) is 65.0 Å². The summed E-state index contributed by atoms with van der Waals surface area (Å²) in [4.78, 5) is 12.6. The Bertz CT molecular complexity index is 817. The van der Waals surface area contributed by atoms with Crippen molar-refractivity contribution in [2.75, 3.05) is 6.61 Å². The van der Waals surface area contributed by atoms with Gasteiger partial charge in [-0.25, -0.2) is 0 Å². The van der Waals surface area contributed by atoms with Gasteiger partial charge in [0.05, 0.1) is 18.8 Å². The molecule has 2 rings (SSSR count). The van der Waals surface area contributed by atoms with Crippen molar-refractivity contribution in [2.45, 2.75) is 66.6 Å². The lowest BCUT2D eigenvalue weighted by atomic mass is 10.0. The Morgan fingerprint density at radius 2 is 1.50 bits per heavy atom.